The monoisotopic (exact) mass is 520 g/mol. The van der Waals surface area contributed by atoms with Gasteiger partial charge in [0.05, 0.1) is 40.2 Å². The molecule has 4 rings (SSSR count). The zero-order valence-electron chi connectivity index (χ0n) is 18.5. The van der Waals surface area contributed by atoms with Gasteiger partial charge in [0, 0.05) is 6.42 Å². The summed E-state index contributed by atoms with van der Waals surface area (Å²) in [5.41, 5.74) is -0.337. The Morgan fingerprint density at radius 1 is 1.06 bits per heavy atom. The number of anilines is 2. The molecule has 0 fully saturated rings. The second kappa shape index (κ2) is 10.5. The highest BCUT2D eigenvalue weighted by Gasteiger charge is 2.33. The van der Waals surface area contributed by atoms with Crippen molar-refractivity contribution in [2.75, 3.05) is 18.6 Å². The van der Waals surface area contributed by atoms with Crippen LogP contribution in [0.3, 0.4) is 0 Å². The molecule has 0 atom stereocenters. The minimum Gasteiger partial charge on any atom is -0.497 e. The Balaban J connectivity index is 1.57. The molecule has 0 aliphatic carbocycles. The molecular weight excluding hydrogens is 501 g/mol. The molecule has 0 N–H and O–H groups in total. The van der Waals surface area contributed by atoms with Crippen molar-refractivity contribution in [3.05, 3.63) is 77.3 Å². The number of halogens is 4. The van der Waals surface area contributed by atoms with E-state index in [0.717, 1.165) is 27.8 Å². The minimum atomic E-state index is -4.59. The van der Waals surface area contributed by atoms with Crippen molar-refractivity contribution < 1.29 is 27.4 Å². The number of thiazole rings is 1. The average molecular weight is 521 g/mol. The van der Waals surface area contributed by atoms with Crippen molar-refractivity contribution >= 4 is 49.9 Å². The number of benzene rings is 3. The van der Waals surface area contributed by atoms with Crippen molar-refractivity contribution in [2.24, 2.45) is 0 Å². The van der Waals surface area contributed by atoms with Crippen molar-refractivity contribution in [1.29, 1.82) is 0 Å². The van der Waals surface area contributed by atoms with E-state index in [9.17, 15) is 18.0 Å². The molecule has 0 unspecified atom stereocenters. The number of carbonyl (C=O) groups is 1. The Hall–Kier alpha value is -3.30. The van der Waals surface area contributed by atoms with Gasteiger partial charge in [-0.3, -0.25) is 9.69 Å². The molecule has 4 aromatic rings. The van der Waals surface area contributed by atoms with Crippen LogP contribution in [-0.4, -0.2) is 24.6 Å². The Morgan fingerprint density at radius 3 is 2.46 bits per heavy atom. The molecule has 182 valence electrons. The van der Waals surface area contributed by atoms with Gasteiger partial charge >= 0.3 is 6.18 Å². The summed E-state index contributed by atoms with van der Waals surface area (Å²) in [6.45, 7) is 0.238. The second-order valence-electron chi connectivity index (χ2n) is 7.48. The average Bonchev–Trinajstić information content (AvgIpc) is 3.26. The molecule has 10 heteroatoms. The van der Waals surface area contributed by atoms with Crippen molar-refractivity contribution in [2.45, 2.75) is 19.0 Å². The zero-order valence-corrected chi connectivity index (χ0v) is 20.1. The molecule has 1 amide bonds. The highest BCUT2D eigenvalue weighted by Crippen LogP contribution is 2.40. The molecule has 1 heterocycles. The highest BCUT2D eigenvalue weighted by atomic mass is 35.5. The van der Waals surface area contributed by atoms with Crippen LogP contribution in [0.5, 0.6) is 11.5 Å². The van der Waals surface area contributed by atoms with E-state index < -0.39 is 17.6 Å². The van der Waals surface area contributed by atoms with Gasteiger partial charge in [-0.25, -0.2) is 4.98 Å². The Kier molecular flexibility index (Phi) is 7.47. The number of nitrogens with zero attached hydrogens (tertiary/aromatic N) is 2. The quantitative estimate of drug-likeness (QED) is 0.226. The van der Waals surface area contributed by atoms with Gasteiger partial charge in [-0.1, -0.05) is 35.1 Å². The van der Waals surface area contributed by atoms with E-state index >= 15 is 0 Å². The highest BCUT2D eigenvalue weighted by molar-refractivity contribution is 7.22. The zero-order chi connectivity index (χ0) is 25.0. The predicted octanol–water partition coefficient (Wildman–Crippen LogP) is 7.50. The number of fused-ring (bicyclic) bond motifs is 1. The largest absolute Gasteiger partial charge is 0.497 e. The minimum absolute atomic E-state index is 0.0126. The van der Waals surface area contributed by atoms with Crippen LogP contribution in [0.4, 0.5) is 24.0 Å². The summed E-state index contributed by atoms with van der Waals surface area (Å²) in [6, 6.07) is 17.1. The van der Waals surface area contributed by atoms with Crippen molar-refractivity contribution in [3.8, 4) is 11.5 Å². The summed E-state index contributed by atoms with van der Waals surface area (Å²) < 4.78 is 51.8. The third kappa shape index (κ3) is 5.86. The Morgan fingerprint density at radius 2 is 1.77 bits per heavy atom. The molecule has 0 radical (unpaired) electrons. The first-order chi connectivity index (χ1) is 16.8. The van der Waals surface area contributed by atoms with Gasteiger partial charge in [0.2, 0.25) is 5.91 Å². The van der Waals surface area contributed by atoms with Gasteiger partial charge in [0.1, 0.15) is 11.5 Å². The third-order valence-electron chi connectivity index (χ3n) is 5.10. The Bertz CT molecular complexity index is 1290. The van der Waals surface area contributed by atoms with E-state index in [1.165, 1.54) is 11.3 Å². The van der Waals surface area contributed by atoms with Gasteiger partial charge in [-0.15, -0.1) is 0 Å². The third-order valence-corrected chi connectivity index (χ3v) is 6.44. The Labute approximate surface area is 208 Å². The van der Waals surface area contributed by atoms with Crippen LogP contribution in [0.15, 0.2) is 66.7 Å². The van der Waals surface area contributed by atoms with Crippen molar-refractivity contribution in [3.63, 3.8) is 0 Å². The van der Waals surface area contributed by atoms with Crippen LogP contribution >= 0.6 is 22.9 Å². The molecule has 0 bridgehead atoms. The number of ether oxygens (including phenoxy) is 2. The molecule has 0 saturated heterocycles. The van der Waals surface area contributed by atoms with Gasteiger partial charge in [-0.2, -0.15) is 13.2 Å². The fraction of sp³-hybridized carbons (Fsp3) is 0.200. The van der Waals surface area contributed by atoms with Crippen LogP contribution in [0, 0.1) is 0 Å². The fourth-order valence-corrected chi connectivity index (χ4v) is 4.56. The smallest absolute Gasteiger partial charge is 0.416 e. The number of aromatic nitrogens is 1. The maximum Gasteiger partial charge on any atom is 0.416 e. The number of methoxy groups -OCH3 is 1. The summed E-state index contributed by atoms with van der Waals surface area (Å²) in [5.74, 6) is 0.864. The molecule has 0 aliphatic heterocycles. The van der Waals surface area contributed by atoms with E-state index in [2.05, 4.69) is 4.98 Å². The molecular formula is C25H20ClF3N2O3S. The van der Waals surface area contributed by atoms with Gasteiger partial charge < -0.3 is 9.47 Å². The first kappa shape index (κ1) is 24.8. The van der Waals surface area contributed by atoms with Crippen LogP contribution in [0.25, 0.3) is 10.2 Å². The van der Waals surface area contributed by atoms with E-state index in [4.69, 9.17) is 21.1 Å². The fourth-order valence-electron chi connectivity index (χ4n) is 3.36. The lowest BCUT2D eigenvalue weighted by atomic mass is 10.1. The predicted molar refractivity (Wildman–Crippen MR) is 131 cm³/mol. The number of hydrogen-bond acceptors (Lipinski definition) is 5. The number of amides is 1. The molecule has 1 aromatic heterocycles. The lowest BCUT2D eigenvalue weighted by molar-refractivity contribution is -0.137. The molecule has 5 nitrogen and oxygen atoms in total. The summed E-state index contributed by atoms with van der Waals surface area (Å²) in [5, 5.41) is 0.258. The van der Waals surface area contributed by atoms with E-state index in [0.29, 0.717) is 23.4 Å². The number of rotatable bonds is 8. The lowest BCUT2D eigenvalue weighted by Gasteiger charge is -2.22. The lowest BCUT2D eigenvalue weighted by Crippen LogP contribution is -2.26. The molecule has 3 aromatic carbocycles. The normalized spacial score (nSPS) is 11.5. The van der Waals surface area contributed by atoms with E-state index in [1.54, 1.807) is 43.5 Å². The molecule has 35 heavy (non-hydrogen) atoms. The summed E-state index contributed by atoms with van der Waals surface area (Å²) in [4.78, 5) is 18.9. The first-order valence-corrected chi connectivity index (χ1v) is 11.8. The molecule has 0 aliphatic rings. The van der Waals surface area contributed by atoms with Gasteiger partial charge in [0.15, 0.2) is 5.13 Å². The maximum atomic E-state index is 13.4. The summed E-state index contributed by atoms with van der Waals surface area (Å²) >= 11 is 7.48. The van der Waals surface area contributed by atoms with E-state index in [1.807, 2.05) is 12.1 Å². The standard InChI is InChI=1S/C25H20ClF3N2O3S/c1-33-17-9-11-18(12-10-17)34-14-4-7-23(32)31(24-30-20-5-2-3-6-22(20)35-24)21-15-16(25(27,28)29)8-13-19(21)26/h2-3,5-6,8-13,15H,4,7,14H2,1H3. The van der Waals surface area contributed by atoms with Crippen LogP contribution in [-0.2, 0) is 11.0 Å². The van der Waals surface area contributed by atoms with Gasteiger partial charge in [-0.05, 0) is 61.0 Å². The van der Waals surface area contributed by atoms with Crippen LogP contribution in [0.2, 0.25) is 5.02 Å². The second-order valence-corrected chi connectivity index (χ2v) is 8.90. The number of carbonyl (C=O) groups excluding carboxylic acids is 1. The molecule has 0 saturated carbocycles. The van der Waals surface area contributed by atoms with Crippen molar-refractivity contribution in [1.82, 2.24) is 4.98 Å². The summed E-state index contributed by atoms with van der Waals surface area (Å²) in [7, 11) is 1.56. The first-order valence-electron chi connectivity index (χ1n) is 10.6. The number of alkyl halides is 3. The van der Waals surface area contributed by atoms with E-state index in [-0.39, 0.29) is 28.9 Å². The maximum absolute atomic E-state index is 13.4. The van der Waals surface area contributed by atoms with Crippen LogP contribution < -0.4 is 14.4 Å². The number of hydrogen-bond donors (Lipinski definition) is 0. The van der Waals surface area contributed by atoms with Crippen LogP contribution in [0.1, 0.15) is 18.4 Å². The SMILES string of the molecule is COc1ccc(OCCCC(=O)N(c2nc3ccccc3s2)c2cc(C(F)(F)F)ccc2Cl)cc1. The summed E-state index contributed by atoms with van der Waals surface area (Å²) in [6.07, 6.45) is -4.24. The topological polar surface area (TPSA) is 51.7 Å². The number of para-hydroxylation sites is 1. The molecule has 0 spiro atoms. The van der Waals surface area contributed by atoms with Gasteiger partial charge in [0.25, 0.3) is 0 Å².